The van der Waals surface area contributed by atoms with E-state index < -0.39 is 6.04 Å². The maximum absolute atomic E-state index is 12.2. The third-order valence-electron chi connectivity index (χ3n) is 3.59. The van der Waals surface area contributed by atoms with E-state index >= 15 is 0 Å². The molecule has 116 valence electrons. The fraction of sp³-hybridized carbons (Fsp3) is 0.500. The van der Waals surface area contributed by atoms with Gasteiger partial charge >= 0.3 is 0 Å². The first kappa shape index (κ1) is 17.7. The van der Waals surface area contributed by atoms with Crippen LogP contribution in [0.1, 0.15) is 44.5 Å². The Kier molecular flexibility index (Phi) is 6.37. The van der Waals surface area contributed by atoms with Crippen molar-refractivity contribution in [2.45, 2.75) is 40.2 Å². The number of rotatable bonds is 6. The van der Waals surface area contributed by atoms with Gasteiger partial charge in [0.25, 0.3) is 0 Å². The second-order valence-electron chi connectivity index (χ2n) is 5.61. The molecule has 0 aliphatic rings. The van der Waals surface area contributed by atoms with E-state index in [1.54, 1.807) is 32.0 Å². The van der Waals surface area contributed by atoms with E-state index in [1.165, 1.54) is 0 Å². The molecule has 0 radical (unpaired) electrons. The lowest BCUT2D eigenvalue weighted by Crippen LogP contribution is -2.40. The number of nitrogens with two attached hydrogens (primary N) is 1. The number of anilines is 1. The number of nitrogens with one attached hydrogen (secondary N) is 1. The van der Waals surface area contributed by atoms with E-state index in [9.17, 15) is 9.59 Å². The summed E-state index contributed by atoms with van der Waals surface area (Å²) in [6.07, 6.45) is 0.812. The molecular weight excluding hydrogens is 288 g/mol. The summed E-state index contributed by atoms with van der Waals surface area (Å²) in [6.45, 7) is 7.51. The van der Waals surface area contributed by atoms with Gasteiger partial charge in [-0.1, -0.05) is 45.7 Å². The van der Waals surface area contributed by atoms with Gasteiger partial charge in [0, 0.05) is 16.5 Å². The van der Waals surface area contributed by atoms with Crippen LogP contribution in [0.3, 0.4) is 0 Å². The lowest BCUT2D eigenvalue weighted by Gasteiger charge is -2.19. The summed E-state index contributed by atoms with van der Waals surface area (Å²) in [5.74, 6) is -0.460. The second kappa shape index (κ2) is 7.57. The Morgan fingerprint density at radius 3 is 2.43 bits per heavy atom. The average Bonchev–Trinajstić information content (AvgIpc) is 2.46. The minimum atomic E-state index is -0.604. The fourth-order valence-corrected chi connectivity index (χ4v) is 2.04. The Bertz CT molecular complexity index is 529. The SMILES string of the molecule is CC[C@H](C)[C@H](N)C(=O)Nc1ccc(Cl)cc1C(=O)C(C)C. The highest BCUT2D eigenvalue weighted by Crippen LogP contribution is 2.24. The van der Waals surface area contributed by atoms with Crippen LogP contribution in [0.25, 0.3) is 0 Å². The fourth-order valence-electron chi connectivity index (χ4n) is 1.87. The van der Waals surface area contributed by atoms with Crippen molar-refractivity contribution in [3.05, 3.63) is 28.8 Å². The van der Waals surface area contributed by atoms with Gasteiger partial charge in [0.2, 0.25) is 5.91 Å². The van der Waals surface area contributed by atoms with Crippen LogP contribution in [0.2, 0.25) is 5.02 Å². The molecule has 1 rings (SSSR count). The van der Waals surface area contributed by atoms with E-state index in [1.807, 2.05) is 13.8 Å². The molecule has 0 saturated carbocycles. The lowest BCUT2D eigenvalue weighted by molar-refractivity contribution is -0.118. The highest BCUT2D eigenvalue weighted by Gasteiger charge is 2.22. The van der Waals surface area contributed by atoms with E-state index in [-0.39, 0.29) is 23.5 Å². The first-order valence-corrected chi connectivity index (χ1v) is 7.55. The van der Waals surface area contributed by atoms with Gasteiger partial charge in [0.05, 0.1) is 11.7 Å². The summed E-state index contributed by atoms with van der Waals surface area (Å²) in [4.78, 5) is 24.4. The number of carbonyl (C=O) groups is 2. The summed E-state index contributed by atoms with van der Waals surface area (Å²) < 4.78 is 0. The van der Waals surface area contributed by atoms with Crippen molar-refractivity contribution in [1.82, 2.24) is 0 Å². The highest BCUT2D eigenvalue weighted by atomic mass is 35.5. The van der Waals surface area contributed by atoms with Crippen LogP contribution in [0.4, 0.5) is 5.69 Å². The summed E-state index contributed by atoms with van der Waals surface area (Å²) in [5.41, 5.74) is 6.79. The molecule has 0 aliphatic heterocycles. The first-order valence-electron chi connectivity index (χ1n) is 7.18. The summed E-state index contributed by atoms with van der Waals surface area (Å²) in [7, 11) is 0. The Morgan fingerprint density at radius 1 is 1.29 bits per heavy atom. The third kappa shape index (κ3) is 4.55. The van der Waals surface area contributed by atoms with Crippen molar-refractivity contribution in [1.29, 1.82) is 0 Å². The second-order valence-corrected chi connectivity index (χ2v) is 6.05. The summed E-state index contributed by atoms with van der Waals surface area (Å²) in [6, 6.07) is 4.25. The number of hydrogen-bond acceptors (Lipinski definition) is 3. The van der Waals surface area contributed by atoms with Crippen LogP contribution in [0, 0.1) is 11.8 Å². The van der Waals surface area contributed by atoms with Crippen molar-refractivity contribution in [3.8, 4) is 0 Å². The van der Waals surface area contributed by atoms with Crippen molar-refractivity contribution in [3.63, 3.8) is 0 Å². The van der Waals surface area contributed by atoms with Gasteiger partial charge in [0.15, 0.2) is 5.78 Å². The van der Waals surface area contributed by atoms with Crippen LogP contribution < -0.4 is 11.1 Å². The smallest absolute Gasteiger partial charge is 0.241 e. The zero-order valence-electron chi connectivity index (χ0n) is 12.9. The number of hydrogen-bond donors (Lipinski definition) is 2. The maximum atomic E-state index is 12.2. The molecule has 0 aliphatic carbocycles. The highest BCUT2D eigenvalue weighted by molar-refractivity contribution is 6.31. The number of halogens is 1. The zero-order valence-corrected chi connectivity index (χ0v) is 13.7. The van der Waals surface area contributed by atoms with Crippen molar-refractivity contribution in [2.24, 2.45) is 17.6 Å². The minimum absolute atomic E-state index is 0.0649. The molecule has 0 spiro atoms. The molecule has 0 aromatic heterocycles. The van der Waals surface area contributed by atoms with Crippen molar-refractivity contribution >= 4 is 29.0 Å². The average molecular weight is 311 g/mol. The predicted octanol–water partition coefficient (Wildman–Crippen LogP) is 3.49. The molecule has 0 fully saturated rings. The third-order valence-corrected chi connectivity index (χ3v) is 3.82. The molecule has 0 unspecified atom stereocenters. The molecule has 1 aromatic rings. The van der Waals surface area contributed by atoms with Crippen LogP contribution in [-0.4, -0.2) is 17.7 Å². The topological polar surface area (TPSA) is 72.2 Å². The molecule has 4 nitrogen and oxygen atoms in total. The van der Waals surface area contributed by atoms with Crippen molar-refractivity contribution in [2.75, 3.05) is 5.32 Å². The van der Waals surface area contributed by atoms with E-state index in [0.29, 0.717) is 16.3 Å². The van der Waals surface area contributed by atoms with Gasteiger partial charge in [-0.05, 0) is 24.1 Å². The standard InChI is InChI=1S/C16H23ClN2O2/c1-5-10(4)14(18)16(21)19-13-7-6-11(17)8-12(13)15(20)9(2)3/h6-10,14H,5,18H2,1-4H3,(H,19,21)/t10-,14-/m0/s1. The molecule has 21 heavy (non-hydrogen) atoms. The quantitative estimate of drug-likeness (QED) is 0.790. The summed E-state index contributed by atoms with van der Waals surface area (Å²) >= 11 is 5.95. The maximum Gasteiger partial charge on any atom is 0.241 e. The zero-order chi connectivity index (χ0) is 16.2. The normalized spacial score (nSPS) is 13.9. The molecule has 1 amide bonds. The molecular formula is C16H23ClN2O2. The number of amides is 1. The van der Waals surface area contributed by atoms with Crippen LogP contribution in [-0.2, 0) is 4.79 Å². The Labute approximate surface area is 131 Å². The number of Topliss-reactive ketones (excluding diaryl/α,β-unsaturated/α-hetero) is 1. The van der Waals surface area contributed by atoms with E-state index in [0.717, 1.165) is 6.42 Å². The molecule has 1 aromatic carbocycles. The first-order chi connectivity index (χ1) is 9.77. The van der Waals surface area contributed by atoms with Gasteiger partial charge in [0.1, 0.15) is 0 Å². The molecule has 0 heterocycles. The number of benzene rings is 1. The van der Waals surface area contributed by atoms with Crippen molar-refractivity contribution < 1.29 is 9.59 Å². The van der Waals surface area contributed by atoms with Gasteiger partial charge in [-0.15, -0.1) is 0 Å². The van der Waals surface area contributed by atoms with E-state index in [2.05, 4.69) is 5.32 Å². The van der Waals surface area contributed by atoms with Crippen LogP contribution in [0.15, 0.2) is 18.2 Å². The lowest BCUT2D eigenvalue weighted by atomic mass is 9.97. The van der Waals surface area contributed by atoms with Gasteiger partial charge < -0.3 is 11.1 Å². The Hall–Kier alpha value is -1.39. The van der Waals surface area contributed by atoms with E-state index in [4.69, 9.17) is 17.3 Å². The van der Waals surface area contributed by atoms with Crippen LogP contribution >= 0.6 is 11.6 Å². The molecule has 0 saturated heterocycles. The van der Waals surface area contributed by atoms with Gasteiger partial charge in [-0.2, -0.15) is 0 Å². The number of carbonyl (C=O) groups excluding carboxylic acids is 2. The summed E-state index contributed by atoms with van der Waals surface area (Å²) in [5, 5.41) is 3.21. The molecule has 0 bridgehead atoms. The molecule has 3 N–H and O–H groups in total. The molecule has 5 heteroatoms. The predicted molar refractivity (Wildman–Crippen MR) is 86.7 cm³/mol. The van der Waals surface area contributed by atoms with Crippen LogP contribution in [0.5, 0.6) is 0 Å². The van der Waals surface area contributed by atoms with Gasteiger partial charge in [-0.3, -0.25) is 9.59 Å². The Balaban J connectivity index is 3.03. The Morgan fingerprint density at radius 2 is 1.90 bits per heavy atom. The monoisotopic (exact) mass is 310 g/mol. The van der Waals surface area contributed by atoms with Gasteiger partial charge in [-0.25, -0.2) is 0 Å². The largest absolute Gasteiger partial charge is 0.324 e. The number of ketones is 1. The minimum Gasteiger partial charge on any atom is -0.324 e. The molecule has 2 atom stereocenters.